The summed E-state index contributed by atoms with van der Waals surface area (Å²) in [5.41, 5.74) is 7.81. The summed E-state index contributed by atoms with van der Waals surface area (Å²) >= 11 is 0. The van der Waals surface area contributed by atoms with Gasteiger partial charge in [-0.2, -0.15) is 9.90 Å². The molecular weight excluding hydrogens is 576 g/mol. The molecule has 0 bridgehead atoms. The molecule has 10 nitrogen and oxygen atoms in total. The molecule has 0 radical (unpaired) electrons. The van der Waals surface area contributed by atoms with Gasteiger partial charge in [0.25, 0.3) is 0 Å². The van der Waals surface area contributed by atoms with E-state index in [9.17, 15) is 9.59 Å². The van der Waals surface area contributed by atoms with E-state index in [1.807, 2.05) is 98.6 Å². The maximum atomic E-state index is 14.5. The molecule has 0 saturated carbocycles. The van der Waals surface area contributed by atoms with Crippen LogP contribution in [0.4, 0.5) is 0 Å². The van der Waals surface area contributed by atoms with E-state index in [4.69, 9.17) is 0 Å². The maximum absolute atomic E-state index is 14.5. The predicted molar refractivity (Wildman–Crippen MR) is 176 cm³/mol. The number of fused-ring (bicyclic) bond motifs is 1. The first kappa shape index (κ1) is 30.6. The van der Waals surface area contributed by atoms with Crippen molar-refractivity contribution in [1.82, 2.24) is 39.8 Å². The summed E-state index contributed by atoms with van der Waals surface area (Å²) < 4.78 is 1.81. The van der Waals surface area contributed by atoms with Gasteiger partial charge in [0.05, 0.1) is 12.7 Å². The van der Waals surface area contributed by atoms with Gasteiger partial charge in [-0.25, -0.2) is 0 Å². The number of nitrogens with zero attached hydrogens (tertiary/aromatic N) is 8. The van der Waals surface area contributed by atoms with E-state index in [-0.39, 0.29) is 18.4 Å². The molecule has 0 saturated heterocycles. The number of aryl methyl sites for hydroxylation is 3. The average molecular weight is 615 g/mol. The van der Waals surface area contributed by atoms with Crippen molar-refractivity contribution in [3.05, 3.63) is 124 Å². The lowest BCUT2D eigenvalue weighted by Crippen LogP contribution is -2.52. The Hall–Kier alpha value is -5.38. The van der Waals surface area contributed by atoms with Gasteiger partial charge in [0, 0.05) is 56.0 Å². The largest absolute Gasteiger partial charge is 0.336 e. The fourth-order valence-corrected chi connectivity index (χ4v) is 6.04. The number of amides is 2. The Morgan fingerprint density at radius 3 is 2.28 bits per heavy atom. The van der Waals surface area contributed by atoms with Crippen molar-refractivity contribution < 1.29 is 9.59 Å². The second kappa shape index (κ2) is 13.3. The molecule has 5 aromatic rings. The van der Waals surface area contributed by atoms with Gasteiger partial charge in [0.2, 0.25) is 17.6 Å². The average Bonchev–Trinajstić information content (AvgIpc) is 3.62. The highest BCUT2D eigenvalue weighted by atomic mass is 16.2. The fraction of sp³-hybridized carbons (Fsp3) is 0.278. The first-order valence-electron chi connectivity index (χ1n) is 15.5. The Morgan fingerprint density at radius 1 is 0.891 bits per heavy atom. The third kappa shape index (κ3) is 6.66. The van der Waals surface area contributed by atoms with Crippen LogP contribution in [0.25, 0.3) is 17.5 Å². The summed E-state index contributed by atoms with van der Waals surface area (Å²) in [5.74, 6) is 0.220. The second-order valence-electron chi connectivity index (χ2n) is 11.8. The molecule has 0 aliphatic carbocycles. The lowest BCUT2D eigenvalue weighted by Gasteiger charge is -2.37. The van der Waals surface area contributed by atoms with Crippen molar-refractivity contribution in [2.24, 2.45) is 14.1 Å². The monoisotopic (exact) mass is 614 g/mol. The molecule has 1 atom stereocenters. The number of rotatable bonds is 9. The normalized spacial score (nSPS) is 13.5. The highest BCUT2D eigenvalue weighted by Crippen LogP contribution is 2.24. The quantitative estimate of drug-likeness (QED) is 0.227. The molecule has 3 heterocycles. The molecule has 0 N–H and O–H groups in total. The van der Waals surface area contributed by atoms with Gasteiger partial charge in [0.15, 0.2) is 0 Å². The van der Waals surface area contributed by atoms with E-state index in [0.29, 0.717) is 25.3 Å². The van der Waals surface area contributed by atoms with Crippen LogP contribution >= 0.6 is 0 Å². The minimum absolute atomic E-state index is 0.0609. The predicted octanol–water partition coefficient (Wildman–Crippen LogP) is 4.47. The number of carbonyl (C=O) groups is 2. The standard InChI is InChI=1S/C36H38N8O2/c1-25-32(26(2)41(3)38-25)18-19-34(45)44(23-28-14-16-30(17-15-28)35-37-40-42(4)39-35)33(22-27-10-6-5-7-11-27)36(46)43-21-20-29-12-8-9-13-31(29)24-43/h5-19,33H,20-24H2,1-4H3. The zero-order chi connectivity index (χ0) is 32.2. The van der Waals surface area contributed by atoms with E-state index in [2.05, 4.69) is 32.6 Å². The van der Waals surface area contributed by atoms with Gasteiger partial charge in [0.1, 0.15) is 6.04 Å². The van der Waals surface area contributed by atoms with Crippen molar-refractivity contribution in [2.45, 2.75) is 45.8 Å². The lowest BCUT2D eigenvalue weighted by molar-refractivity contribution is -0.144. The molecule has 46 heavy (non-hydrogen) atoms. The first-order chi connectivity index (χ1) is 22.3. The zero-order valence-corrected chi connectivity index (χ0v) is 26.7. The molecule has 10 heteroatoms. The van der Waals surface area contributed by atoms with Gasteiger partial charge in [-0.1, -0.05) is 78.9 Å². The Kier molecular flexibility index (Phi) is 8.87. The van der Waals surface area contributed by atoms with E-state index in [1.165, 1.54) is 10.4 Å². The summed E-state index contributed by atoms with van der Waals surface area (Å²) in [6, 6.07) is 25.2. The van der Waals surface area contributed by atoms with Crippen molar-refractivity contribution in [3.63, 3.8) is 0 Å². The SMILES string of the molecule is Cc1nn(C)c(C)c1C=CC(=O)N(Cc1ccc(-c2nnn(C)n2)cc1)C(Cc1ccccc1)C(=O)N1CCc2ccccc2C1. The number of carbonyl (C=O) groups excluding carboxylic acids is 2. The van der Waals surface area contributed by atoms with Crippen LogP contribution in [-0.4, -0.2) is 64.2 Å². The van der Waals surface area contributed by atoms with Gasteiger partial charge in [-0.15, -0.1) is 10.2 Å². The first-order valence-corrected chi connectivity index (χ1v) is 15.5. The Bertz CT molecular complexity index is 1870. The molecule has 1 aliphatic rings. The number of benzene rings is 3. The highest BCUT2D eigenvalue weighted by Gasteiger charge is 2.34. The Balaban J connectivity index is 1.36. The summed E-state index contributed by atoms with van der Waals surface area (Å²) in [4.78, 5) is 33.8. The molecule has 6 rings (SSSR count). The van der Waals surface area contributed by atoms with Crippen LogP contribution in [0, 0.1) is 13.8 Å². The maximum Gasteiger partial charge on any atom is 0.247 e. The van der Waals surface area contributed by atoms with Crippen LogP contribution in [0.1, 0.15) is 39.2 Å². The number of hydrogen-bond acceptors (Lipinski definition) is 6. The van der Waals surface area contributed by atoms with Gasteiger partial charge < -0.3 is 9.80 Å². The lowest BCUT2D eigenvalue weighted by atomic mass is 9.97. The van der Waals surface area contributed by atoms with Crippen molar-refractivity contribution in [1.29, 1.82) is 0 Å². The smallest absolute Gasteiger partial charge is 0.247 e. The van der Waals surface area contributed by atoms with Crippen LogP contribution in [0.2, 0.25) is 0 Å². The number of aromatic nitrogens is 6. The van der Waals surface area contributed by atoms with Gasteiger partial charge >= 0.3 is 0 Å². The van der Waals surface area contributed by atoms with Crippen molar-refractivity contribution >= 4 is 17.9 Å². The van der Waals surface area contributed by atoms with E-state index in [1.54, 1.807) is 22.7 Å². The fourth-order valence-electron chi connectivity index (χ4n) is 6.04. The van der Waals surface area contributed by atoms with E-state index >= 15 is 0 Å². The van der Waals surface area contributed by atoms with Gasteiger partial charge in [-0.3, -0.25) is 14.3 Å². The van der Waals surface area contributed by atoms with Crippen LogP contribution in [0.15, 0.2) is 84.9 Å². The molecule has 1 aliphatic heterocycles. The molecule has 234 valence electrons. The molecule has 3 aromatic carbocycles. The van der Waals surface area contributed by atoms with E-state index in [0.717, 1.165) is 45.6 Å². The van der Waals surface area contributed by atoms with Crippen LogP contribution in [-0.2, 0) is 49.6 Å². The van der Waals surface area contributed by atoms with Crippen molar-refractivity contribution in [3.8, 4) is 11.4 Å². The number of tetrazole rings is 1. The summed E-state index contributed by atoms with van der Waals surface area (Å²) in [5, 5.41) is 16.8. The Labute approximate surface area is 269 Å². The molecule has 1 unspecified atom stereocenters. The van der Waals surface area contributed by atoms with Crippen LogP contribution in [0.3, 0.4) is 0 Å². The third-order valence-electron chi connectivity index (χ3n) is 8.69. The van der Waals surface area contributed by atoms with Crippen LogP contribution < -0.4 is 0 Å². The highest BCUT2D eigenvalue weighted by molar-refractivity contribution is 5.96. The minimum Gasteiger partial charge on any atom is -0.336 e. The minimum atomic E-state index is -0.720. The molecule has 2 aromatic heterocycles. The number of hydrogen-bond donors (Lipinski definition) is 0. The van der Waals surface area contributed by atoms with Crippen LogP contribution in [0.5, 0.6) is 0 Å². The molecular formula is C36H38N8O2. The molecule has 2 amide bonds. The summed E-state index contributed by atoms with van der Waals surface area (Å²) in [6.07, 6.45) is 4.57. The van der Waals surface area contributed by atoms with E-state index < -0.39 is 6.04 Å². The topological polar surface area (TPSA) is 102 Å². The summed E-state index contributed by atoms with van der Waals surface area (Å²) in [6.45, 7) is 5.28. The van der Waals surface area contributed by atoms with Gasteiger partial charge in [-0.05, 0) is 53.8 Å². The second-order valence-corrected chi connectivity index (χ2v) is 11.8. The molecule has 0 fully saturated rings. The van der Waals surface area contributed by atoms with Crippen molar-refractivity contribution in [2.75, 3.05) is 6.54 Å². The zero-order valence-electron chi connectivity index (χ0n) is 26.7. The third-order valence-corrected chi connectivity index (χ3v) is 8.69. The molecule has 0 spiro atoms. The summed E-state index contributed by atoms with van der Waals surface area (Å²) in [7, 11) is 3.61. The Morgan fingerprint density at radius 2 is 1.61 bits per heavy atom.